The van der Waals surface area contributed by atoms with Crippen LogP contribution in [-0.4, -0.2) is 16.2 Å². The van der Waals surface area contributed by atoms with E-state index in [-0.39, 0.29) is 5.56 Å². The molecule has 4 nitrogen and oxygen atoms in total. The van der Waals surface area contributed by atoms with E-state index in [9.17, 15) is 4.79 Å². The molecule has 0 aliphatic rings. The summed E-state index contributed by atoms with van der Waals surface area (Å²) in [4.78, 5) is 10.9. The third-order valence-electron chi connectivity index (χ3n) is 1.92. The van der Waals surface area contributed by atoms with Crippen LogP contribution < -0.4 is 0 Å². The predicted octanol–water partition coefficient (Wildman–Crippen LogP) is 2.64. The van der Waals surface area contributed by atoms with Gasteiger partial charge in [0, 0.05) is 9.13 Å². The zero-order chi connectivity index (χ0) is 10.8. The minimum absolute atomic E-state index is 0.0825. The molecule has 0 fully saturated rings. The Hall–Kier alpha value is -1.37. The van der Waals surface area contributed by atoms with Crippen LogP contribution in [0.3, 0.4) is 0 Å². The molecule has 0 bridgehead atoms. The van der Waals surface area contributed by atoms with E-state index in [1.165, 1.54) is 6.20 Å². The molecular weight excluding hydrogens is 309 g/mol. The fraction of sp³-hybridized carbons (Fsp3) is 0. The Morgan fingerprint density at radius 2 is 2.13 bits per heavy atom. The Labute approximate surface area is 99.0 Å². The highest BCUT2D eigenvalue weighted by atomic mass is 127. The van der Waals surface area contributed by atoms with Gasteiger partial charge in [-0.25, -0.2) is 4.79 Å². The molecule has 0 unspecified atom stereocenters. The van der Waals surface area contributed by atoms with Crippen LogP contribution >= 0.6 is 22.6 Å². The van der Waals surface area contributed by atoms with Crippen molar-refractivity contribution < 1.29 is 14.4 Å². The van der Waals surface area contributed by atoms with E-state index in [0.29, 0.717) is 5.76 Å². The third kappa shape index (κ3) is 1.87. The van der Waals surface area contributed by atoms with Crippen molar-refractivity contribution in [1.29, 1.82) is 0 Å². The predicted molar refractivity (Wildman–Crippen MR) is 61.6 cm³/mol. The van der Waals surface area contributed by atoms with Gasteiger partial charge in [-0.15, -0.1) is 0 Å². The first kappa shape index (κ1) is 10.2. The van der Waals surface area contributed by atoms with Gasteiger partial charge in [0.25, 0.3) is 0 Å². The standard InChI is InChI=1S/C10H6INO3/c11-8-4-2-1-3-6(8)9-7(10(13)14)5-12-15-9/h1-5H,(H,13,14). The molecule has 2 rings (SSSR count). The normalized spacial score (nSPS) is 10.2. The first-order valence-corrected chi connectivity index (χ1v) is 5.21. The van der Waals surface area contributed by atoms with Gasteiger partial charge in [0.2, 0.25) is 0 Å². The van der Waals surface area contributed by atoms with Crippen LogP contribution in [0.4, 0.5) is 0 Å². The van der Waals surface area contributed by atoms with Crippen LogP contribution in [0.25, 0.3) is 11.3 Å². The summed E-state index contributed by atoms with van der Waals surface area (Å²) in [5.41, 5.74) is 0.826. The molecule has 1 N–H and O–H groups in total. The number of carbonyl (C=O) groups is 1. The molecule has 0 saturated heterocycles. The van der Waals surface area contributed by atoms with E-state index < -0.39 is 5.97 Å². The number of aromatic nitrogens is 1. The zero-order valence-electron chi connectivity index (χ0n) is 7.48. The Kier molecular flexibility index (Phi) is 2.72. The van der Waals surface area contributed by atoms with Gasteiger partial charge in [-0.1, -0.05) is 23.4 Å². The molecule has 0 atom stereocenters. The maximum Gasteiger partial charge on any atom is 0.341 e. The molecule has 0 radical (unpaired) electrons. The summed E-state index contributed by atoms with van der Waals surface area (Å²) in [7, 11) is 0. The number of halogens is 1. The minimum Gasteiger partial charge on any atom is -0.477 e. The van der Waals surface area contributed by atoms with E-state index in [4.69, 9.17) is 9.63 Å². The van der Waals surface area contributed by atoms with E-state index in [1.54, 1.807) is 6.07 Å². The SMILES string of the molecule is O=C(O)c1cnoc1-c1ccccc1I. The van der Waals surface area contributed by atoms with Crippen molar-refractivity contribution in [3.05, 3.63) is 39.6 Å². The first-order chi connectivity index (χ1) is 7.20. The summed E-state index contributed by atoms with van der Waals surface area (Å²) >= 11 is 2.12. The quantitative estimate of drug-likeness (QED) is 0.866. The first-order valence-electron chi connectivity index (χ1n) is 4.13. The second-order valence-electron chi connectivity index (χ2n) is 2.85. The van der Waals surface area contributed by atoms with E-state index in [1.807, 2.05) is 18.2 Å². The number of aromatic carboxylic acids is 1. The second-order valence-corrected chi connectivity index (χ2v) is 4.02. The average molecular weight is 315 g/mol. The molecule has 0 saturated carbocycles. The topological polar surface area (TPSA) is 63.3 Å². The van der Waals surface area contributed by atoms with Crippen molar-refractivity contribution in [3.8, 4) is 11.3 Å². The molecule has 2 aromatic rings. The fourth-order valence-electron chi connectivity index (χ4n) is 1.23. The summed E-state index contributed by atoms with van der Waals surface area (Å²) in [5, 5.41) is 12.4. The van der Waals surface area contributed by atoms with Crippen molar-refractivity contribution in [2.75, 3.05) is 0 Å². The van der Waals surface area contributed by atoms with Crippen LogP contribution in [0, 0.1) is 3.57 Å². The molecule has 0 spiro atoms. The largest absolute Gasteiger partial charge is 0.477 e. The summed E-state index contributed by atoms with van der Waals surface area (Å²) < 4.78 is 5.88. The van der Waals surface area contributed by atoms with Gasteiger partial charge in [-0.05, 0) is 28.7 Å². The van der Waals surface area contributed by atoms with Crippen molar-refractivity contribution in [1.82, 2.24) is 5.16 Å². The van der Waals surface area contributed by atoms with Gasteiger partial charge in [0.1, 0.15) is 5.56 Å². The highest BCUT2D eigenvalue weighted by Gasteiger charge is 2.18. The maximum absolute atomic E-state index is 10.9. The van der Waals surface area contributed by atoms with Crippen molar-refractivity contribution >= 4 is 28.6 Å². The van der Waals surface area contributed by atoms with Crippen LogP contribution in [0.15, 0.2) is 35.0 Å². The average Bonchev–Trinajstić information content (AvgIpc) is 2.67. The van der Waals surface area contributed by atoms with Crippen LogP contribution in [0.1, 0.15) is 10.4 Å². The lowest BCUT2D eigenvalue weighted by Crippen LogP contribution is -1.96. The number of hydrogen-bond donors (Lipinski definition) is 1. The lowest BCUT2D eigenvalue weighted by atomic mass is 10.1. The summed E-state index contributed by atoms with van der Waals surface area (Å²) in [6.45, 7) is 0. The van der Waals surface area contributed by atoms with Gasteiger partial charge >= 0.3 is 5.97 Å². The molecule has 1 aromatic heterocycles. The zero-order valence-corrected chi connectivity index (χ0v) is 9.63. The van der Waals surface area contributed by atoms with Crippen molar-refractivity contribution in [2.45, 2.75) is 0 Å². The molecule has 5 heteroatoms. The number of carboxylic acids is 1. The van der Waals surface area contributed by atoms with Crippen LogP contribution in [0.2, 0.25) is 0 Å². The number of rotatable bonds is 2. The highest BCUT2D eigenvalue weighted by Crippen LogP contribution is 2.27. The molecule has 1 heterocycles. The Bertz CT molecular complexity index is 507. The maximum atomic E-state index is 10.9. The second kappa shape index (κ2) is 4.01. The van der Waals surface area contributed by atoms with Gasteiger partial charge in [0.05, 0.1) is 6.20 Å². The van der Waals surface area contributed by atoms with E-state index in [0.717, 1.165) is 9.13 Å². The Balaban J connectivity index is 2.59. The third-order valence-corrected chi connectivity index (χ3v) is 2.86. The van der Waals surface area contributed by atoms with Gasteiger partial charge in [0.15, 0.2) is 5.76 Å². The molecular formula is C10H6INO3. The van der Waals surface area contributed by atoms with Gasteiger partial charge in [-0.2, -0.15) is 0 Å². The van der Waals surface area contributed by atoms with E-state index in [2.05, 4.69) is 27.7 Å². The van der Waals surface area contributed by atoms with Crippen molar-refractivity contribution in [2.24, 2.45) is 0 Å². The molecule has 1 aromatic carbocycles. The lowest BCUT2D eigenvalue weighted by molar-refractivity contribution is 0.0697. The molecule has 15 heavy (non-hydrogen) atoms. The minimum atomic E-state index is -1.04. The summed E-state index contributed by atoms with van der Waals surface area (Å²) in [6.07, 6.45) is 1.21. The fourth-order valence-corrected chi connectivity index (χ4v) is 1.86. The Morgan fingerprint density at radius 1 is 1.40 bits per heavy atom. The number of hydrogen-bond acceptors (Lipinski definition) is 3. The molecule has 0 aliphatic carbocycles. The number of carboxylic acid groups (broad SMARTS) is 1. The molecule has 0 aliphatic heterocycles. The van der Waals surface area contributed by atoms with Crippen LogP contribution in [-0.2, 0) is 0 Å². The monoisotopic (exact) mass is 315 g/mol. The van der Waals surface area contributed by atoms with E-state index >= 15 is 0 Å². The van der Waals surface area contributed by atoms with Gasteiger partial charge < -0.3 is 9.63 Å². The lowest BCUT2D eigenvalue weighted by Gasteiger charge is -2.00. The summed E-state index contributed by atoms with van der Waals surface area (Å²) in [5.74, 6) is -0.738. The number of benzene rings is 1. The molecule has 0 amide bonds. The van der Waals surface area contributed by atoms with Gasteiger partial charge in [-0.3, -0.25) is 0 Å². The number of nitrogens with zero attached hydrogens (tertiary/aromatic N) is 1. The van der Waals surface area contributed by atoms with Crippen molar-refractivity contribution in [3.63, 3.8) is 0 Å². The smallest absolute Gasteiger partial charge is 0.341 e. The molecule has 76 valence electrons. The summed E-state index contributed by atoms with van der Waals surface area (Å²) in [6, 6.07) is 7.38. The Morgan fingerprint density at radius 3 is 2.80 bits per heavy atom. The highest BCUT2D eigenvalue weighted by molar-refractivity contribution is 14.1. The van der Waals surface area contributed by atoms with Crippen LogP contribution in [0.5, 0.6) is 0 Å².